The van der Waals surface area contributed by atoms with E-state index in [-0.39, 0.29) is 6.03 Å². The van der Waals surface area contributed by atoms with Gasteiger partial charge < -0.3 is 10.2 Å². The van der Waals surface area contributed by atoms with Crippen LogP contribution < -0.4 is 5.32 Å². The van der Waals surface area contributed by atoms with Gasteiger partial charge in [0.1, 0.15) is 5.04 Å². The standard InChI is InChI=1S/C24H28N4OS/c1-2-17-30-22-21(20-11-7-4-8-12-20)26-24(27-22)13-15-28(16-14-24)23(29)25-18-19-9-5-3-6-10-19/h3-12H,2,13-18H2,1H3,(H,25,29). The monoisotopic (exact) mass is 420 g/mol. The van der Waals surface area contributed by atoms with Gasteiger partial charge in [-0.3, -0.25) is 4.99 Å². The Morgan fingerprint density at radius 1 is 1.03 bits per heavy atom. The molecule has 1 saturated heterocycles. The van der Waals surface area contributed by atoms with Crippen LogP contribution in [-0.2, 0) is 6.54 Å². The van der Waals surface area contributed by atoms with Gasteiger partial charge in [-0.1, -0.05) is 67.6 Å². The quantitative estimate of drug-likeness (QED) is 0.760. The number of hydrogen-bond donors (Lipinski definition) is 1. The van der Waals surface area contributed by atoms with Crippen LogP contribution in [0, 0.1) is 0 Å². The first-order chi connectivity index (χ1) is 14.7. The minimum absolute atomic E-state index is 0.0106. The molecule has 2 amide bonds. The van der Waals surface area contributed by atoms with Crippen molar-refractivity contribution in [2.24, 2.45) is 9.98 Å². The maximum atomic E-state index is 12.6. The van der Waals surface area contributed by atoms with E-state index >= 15 is 0 Å². The summed E-state index contributed by atoms with van der Waals surface area (Å²) in [6.07, 6.45) is 2.63. The van der Waals surface area contributed by atoms with Crippen molar-refractivity contribution in [2.75, 3.05) is 18.8 Å². The van der Waals surface area contributed by atoms with Gasteiger partial charge in [-0.2, -0.15) is 0 Å². The van der Waals surface area contributed by atoms with E-state index in [1.807, 2.05) is 53.4 Å². The number of carbonyl (C=O) groups is 1. The predicted octanol–water partition coefficient (Wildman–Crippen LogP) is 4.73. The fourth-order valence-corrected chi connectivity index (χ4v) is 4.72. The average molecular weight is 421 g/mol. The van der Waals surface area contributed by atoms with Gasteiger partial charge in [0.05, 0.1) is 5.71 Å². The van der Waals surface area contributed by atoms with E-state index in [9.17, 15) is 4.79 Å². The SMILES string of the molecule is CCCSC1=NC2(CCN(C(=O)NCc3ccccc3)CC2)N=C1c1ccccc1. The van der Waals surface area contributed by atoms with Crippen LogP contribution in [0.1, 0.15) is 37.3 Å². The highest BCUT2D eigenvalue weighted by Crippen LogP contribution is 2.35. The fourth-order valence-electron chi connectivity index (χ4n) is 3.78. The number of nitrogens with zero attached hydrogens (tertiary/aromatic N) is 3. The maximum Gasteiger partial charge on any atom is 0.317 e. The summed E-state index contributed by atoms with van der Waals surface area (Å²) >= 11 is 1.79. The van der Waals surface area contributed by atoms with Crippen LogP contribution in [0.15, 0.2) is 70.6 Å². The molecule has 0 aliphatic carbocycles. The van der Waals surface area contributed by atoms with Crippen LogP contribution in [-0.4, -0.2) is 46.2 Å². The van der Waals surface area contributed by atoms with E-state index < -0.39 is 5.66 Å². The second-order valence-corrected chi connectivity index (χ2v) is 8.79. The zero-order chi connectivity index (χ0) is 20.8. The summed E-state index contributed by atoms with van der Waals surface area (Å²) in [6.45, 7) is 4.07. The Kier molecular flexibility index (Phi) is 6.53. The van der Waals surface area contributed by atoms with E-state index in [0.717, 1.165) is 46.9 Å². The molecule has 2 aliphatic heterocycles. The summed E-state index contributed by atoms with van der Waals surface area (Å²) in [5.74, 6) is 1.04. The lowest BCUT2D eigenvalue weighted by Crippen LogP contribution is -2.48. The van der Waals surface area contributed by atoms with Gasteiger partial charge in [0.2, 0.25) is 0 Å². The van der Waals surface area contributed by atoms with Gasteiger partial charge >= 0.3 is 6.03 Å². The largest absolute Gasteiger partial charge is 0.334 e. The summed E-state index contributed by atoms with van der Waals surface area (Å²) in [5.41, 5.74) is 2.82. The van der Waals surface area contributed by atoms with Crippen molar-refractivity contribution in [3.8, 4) is 0 Å². The number of nitrogens with one attached hydrogen (secondary N) is 1. The number of urea groups is 1. The van der Waals surface area contributed by atoms with Crippen molar-refractivity contribution in [1.29, 1.82) is 0 Å². The molecule has 156 valence electrons. The molecular formula is C24H28N4OS. The maximum absolute atomic E-state index is 12.6. The predicted molar refractivity (Wildman–Crippen MR) is 125 cm³/mol. The molecule has 1 spiro atoms. The zero-order valence-corrected chi connectivity index (χ0v) is 18.2. The fraction of sp³-hybridized carbons (Fsp3) is 0.375. The molecule has 0 bridgehead atoms. The zero-order valence-electron chi connectivity index (χ0n) is 17.4. The smallest absolute Gasteiger partial charge is 0.317 e. The molecule has 30 heavy (non-hydrogen) atoms. The summed E-state index contributed by atoms with van der Waals surface area (Å²) in [6, 6.07) is 20.3. The Hall–Kier alpha value is -2.60. The number of carbonyl (C=O) groups excluding carboxylic acids is 1. The van der Waals surface area contributed by atoms with Crippen molar-refractivity contribution in [3.63, 3.8) is 0 Å². The van der Waals surface area contributed by atoms with Crippen molar-refractivity contribution < 1.29 is 4.79 Å². The molecule has 6 heteroatoms. The van der Waals surface area contributed by atoms with E-state index in [1.54, 1.807) is 11.8 Å². The normalized spacial score (nSPS) is 17.6. The van der Waals surface area contributed by atoms with Gasteiger partial charge in [0.25, 0.3) is 0 Å². The van der Waals surface area contributed by atoms with E-state index in [0.29, 0.717) is 19.6 Å². The molecule has 2 aliphatic rings. The lowest BCUT2D eigenvalue weighted by Gasteiger charge is -2.35. The van der Waals surface area contributed by atoms with Crippen LogP contribution in [0.4, 0.5) is 4.79 Å². The van der Waals surface area contributed by atoms with E-state index in [1.165, 1.54) is 0 Å². The highest BCUT2D eigenvalue weighted by molar-refractivity contribution is 8.15. The van der Waals surface area contributed by atoms with Crippen molar-refractivity contribution in [3.05, 3.63) is 71.8 Å². The summed E-state index contributed by atoms with van der Waals surface area (Å²) in [4.78, 5) is 24.7. The highest BCUT2D eigenvalue weighted by atomic mass is 32.2. The number of rotatable bonds is 5. The number of benzene rings is 2. The van der Waals surface area contributed by atoms with Crippen molar-refractivity contribution in [1.82, 2.24) is 10.2 Å². The molecule has 0 atom stereocenters. The molecule has 2 aromatic carbocycles. The highest BCUT2D eigenvalue weighted by Gasteiger charge is 2.40. The van der Waals surface area contributed by atoms with Crippen LogP contribution in [0.3, 0.4) is 0 Å². The third kappa shape index (κ3) is 4.75. The molecular weight excluding hydrogens is 392 g/mol. The summed E-state index contributed by atoms with van der Waals surface area (Å²) in [5, 5.41) is 4.08. The number of thioether (sulfide) groups is 1. The average Bonchev–Trinajstić information content (AvgIpc) is 3.15. The Morgan fingerprint density at radius 3 is 2.37 bits per heavy atom. The molecule has 2 aromatic rings. The number of amides is 2. The molecule has 1 N–H and O–H groups in total. The van der Waals surface area contributed by atoms with Crippen LogP contribution in [0.25, 0.3) is 0 Å². The first kappa shape index (κ1) is 20.7. The lowest BCUT2D eigenvalue weighted by atomic mass is 9.99. The van der Waals surface area contributed by atoms with Gasteiger partial charge in [-0.25, -0.2) is 9.79 Å². The number of aliphatic imine (C=N–C) groups is 2. The lowest BCUT2D eigenvalue weighted by molar-refractivity contribution is 0.163. The summed E-state index contributed by atoms with van der Waals surface area (Å²) in [7, 11) is 0. The van der Waals surface area contributed by atoms with Crippen LogP contribution in [0.2, 0.25) is 0 Å². The number of hydrogen-bond acceptors (Lipinski definition) is 4. The Balaban J connectivity index is 1.41. The third-order valence-corrected chi connectivity index (χ3v) is 6.63. The Labute approximate surface area is 182 Å². The van der Waals surface area contributed by atoms with Gasteiger partial charge in [0.15, 0.2) is 5.66 Å². The molecule has 0 unspecified atom stereocenters. The summed E-state index contributed by atoms with van der Waals surface area (Å²) < 4.78 is 0. The third-order valence-electron chi connectivity index (χ3n) is 5.46. The molecule has 0 radical (unpaired) electrons. The van der Waals surface area contributed by atoms with Gasteiger partial charge in [-0.05, 0) is 17.7 Å². The topological polar surface area (TPSA) is 57.1 Å². The molecule has 0 aromatic heterocycles. The van der Waals surface area contributed by atoms with Crippen molar-refractivity contribution in [2.45, 2.75) is 38.4 Å². The van der Waals surface area contributed by atoms with Crippen molar-refractivity contribution >= 4 is 28.5 Å². The minimum Gasteiger partial charge on any atom is -0.334 e. The molecule has 2 heterocycles. The van der Waals surface area contributed by atoms with Gasteiger partial charge in [0, 0.05) is 38.0 Å². The minimum atomic E-state index is -0.419. The second kappa shape index (κ2) is 9.47. The molecule has 4 rings (SSSR count). The first-order valence-corrected chi connectivity index (χ1v) is 11.6. The molecule has 1 fully saturated rings. The number of likely N-dealkylation sites (tertiary alicyclic amines) is 1. The molecule has 5 nitrogen and oxygen atoms in total. The first-order valence-electron chi connectivity index (χ1n) is 10.6. The van der Waals surface area contributed by atoms with E-state index in [2.05, 4.69) is 24.4 Å². The van der Waals surface area contributed by atoms with Crippen LogP contribution >= 0.6 is 11.8 Å². The van der Waals surface area contributed by atoms with Crippen LogP contribution in [0.5, 0.6) is 0 Å². The number of piperidine rings is 1. The Bertz CT molecular complexity index is 919. The Morgan fingerprint density at radius 2 is 1.70 bits per heavy atom. The van der Waals surface area contributed by atoms with E-state index in [4.69, 9.17) is 9.98 Å². The molecule has 0 saturated carbocycles. The second-order valence-electron chi connectivity index (χ2n) is 7.71. The van der Waals surface area contributed by atoms with Gasteiger partial charge in [-0.15, -0.1) is 11.8 Å².